The summed E-state index contributed by atoms with van der Waals surface area (Å²) in [5, 5.41) is 12.5. The number of carboxylic acid groups (broad SMARTS) is 1. The third-order valence-corrected chi connectivity index (χ3v) is 9.29. The Bertz CT molecular complexity index is 1620. The lowest BCUT2D eigenvalue weighted by Crippen LogP contribution is -2.44. The van der Waals surface area contributed by atoms with Crippen molar-refractivity contribution < 1.29 is 28.2 Å². The molecule has 41 heavy (non-hydrogen) atoms. The van der Waals surface area contributed by atoms with Gasteiger partial charge in [-0.2, -0.15) is 0 Å². The molecule has 1 amide bonds. The first-order valence-corrected chi connectivity index (χ1v) is 14.3. The van der Waals surface area contributed by atoms with Gasteiger partial charge in [0.15, 0.2) is 0 Å². The van der Waals surface area contributed by atoms with E-state index in [1.165, 1.54) is 19.4 Å². The van der Waals surface area contributed by atoms with Crippen LogP contribution in [0.3, 0.4) is 0 Å². The Balaban J connectivity index is 1.56. The molecule has 0 bridgehead atoms. The number of nitrogens with zero attached hydrogens (tertiary/aromatic N) is 2. The zero-order valence-electron chi connectivity index (χ0n) is 22.4. The topological polar surface area (TPSA) is 91.8 Å². The minimum atomic E-state index is -1.14. The smallest absolute Gasteiger partial charge is 0.354 e. The van der Waals surface area contributed by atoms with Crippen molar-refractivity contribution in [3.63, 3.8) is 0 Å². The van der Waals surface area contributed by atoms with E-state index in [-0.39, 0.29) is 38.3 Å². The number of aromatic carboxylic acids is 1. The molecular weight excluding hydrogens is 572 g/mol. The molecular formula is C30H28ClF2N3O4S. The molecule has 0 saturated heterocycles. The summed E-state index contributed by atoms with van der Waals surface area (Å²) in [6.45, 7) is 0.150. The minimum Gasteiger partial charge on any atom is -0.496 e. The van der Waals surface area contributed by atoms with Crippen molar-refractivity contribution in [1.29, 1.82) is 0 Å². The van der Waals surface area contributed by atoms with Crippen molar-refractivity contribution in [2.24, 2.45) is 0 Å². The second-order valence-corrected chi connectivity index (χ2v) is 11.4. The molecule has 2 heterocycles. The van der Waals surface area contributed by atoms with Gasteiger partial charge >= 0.3 is 5.97 Å². The maximum Gasteiger partial charge on any atom is 0.354 e. The molecule has 0 atom stereocenters. The summed E-state index contributed by atoms with van der Waals surface area (Å²) in [4.78, 5) is 31.3. The van der Waals surface area contributed by atoms with Crippen LogP contribution in [0, 0.1) is 11.6 Å². The fourth-order valence-electron chi connectivity index (χ4n) is 5.40. The molecule has 1 fully saturated rings. The number of ether oxygens (including phenoxy) is 1. The number of hydrogen-bond acceptors (Lipinski definition) is 6. The van der Waals surface area contributed by atoms with Crippen LogP contribution in [0.2, 0.25) is 5.02 Å². The van der Waals surface area contributed by atoms with Gasteiger partial charge in [-0.15, -0.1) is 11.3 Å². The van der Waals surface area contributed by atoms with Crippen molar-refractivity contribution >= 4 is 44.9 Å². The summed E-state index contributed by atoms with van der Waals surface area (Å²) in [5.74, 6) is -2.33. The number of carboxylic acids is 1. The van der Waals surface area contributed by atoms with E-state index in [1.807, 2.05) is 19.2 Å². The van der Waals surface area contributed by atoms with E-state index < -0.39 is 23.5 Å². The van der Waals surface area contributed by atoms with Crippen LogP contribution in [0.1, 0.15) is 51.4 Å². The molecule has 4 aromatic rings. The second-order valence-electron chi connectivity index (χ2n) is 9.97. The molecule has 2 N–H and O–H groups in total. The van der Waals surface area contributed by atoms with Crippen LogP contribution in [0.5, 0.6) is 5.75 Å². The molecule has 214 valence electrons. The van der Waals surface area contributed by atoms with Crippen molar-refractivity contribution in [2.75, 3.05) is 14.2 Å². The van der Waals surface area contributed by atoms with Crippen LogP contribution in [-0.2, 0) is 6.54 Å². The Morgan fingerprint density at radius 3 is 2.46 bits per heavy atom. The van der Waals surface area contributed by atoms with Gasteiger partial charge in [-0.1, -0.05) is 17.7 Å². The van der Waals surface area contributed by atoms with E-state index in [4.69, 9.17) is 16.3 Å². The van der Waals surface area contributed by atoms with E-state index in [1.54, 1.807) is 17.0 Å². The monoisotopic (exact) mass is 599 g/mol. The van der Waals surface area contributed by atoms with Gasteiger partial charge in [0.25, 0.3) is 5.91 Å². The lowest BCUT2D eigenvalue weighted by atomic mass is 9.89. The number of halogens is 3. The predicted molar refractivity (Wildman–Crippen MR) is 155 cm³/mol. The minimum absolute atomic E-state index is 0.00342. The summed E-state index contributed by atoms with van der Waals surface area (Å²) in [5.41, 5.74) is 1.97. The summed E-state index contributed by atoms with van der Waals surface area (Å²) >= 11 is 7.38. The maximum absolute atomic E-state index is 14.6. The quantitative estimate of drug-likeness (QED) is 0.232. The molecule has 1 saturated carbocycles. The molecule has 0 spiro atoms. The van der Waals surface area contributed by atoms with Crippen LogP contribution in [0.4, 0.5) is 8.78 Å². The van der Waals surface area contributed by atoms with Crippen LogP contribution >= 0.6 is 22.9 Å². The van der Waals surface area contributed by atoms with Crippen molar-refractivity contribution in [2.45, 2.75) is 44.3 Å². The summed E-state index contributed by atoms with van der Waals surface area (Å²) in [7, 11) is 3.45. The predicted octanol–water partition coefficient (Wildman–Crippen LogP) is 6.77. The summed E-state index contributed by atoms with van der Waals surface area (Å²) in [6, 6.07) is 10.8. The Morgan fingerprint density at radius 2 is 1.80 bits per heavy atom. The van der Waals surface area contributed by atoms with Gasteiger partial charge < -0.3 is 20.1 Å². The van der Waals surface area contributed by atoms with E-state index in [0.717, 1.165) is 54.7 Å². The fraction of sp³-hybridized carbons (Fsp3) is 0.300. The fourth-order valence-corrected chi connectivity index (χ4v) is 6.91. The van der Waals surface area contributed by atoms with Crippen LogP contribution in [0.15, 0.2) is 48.7 Å². The van der Waals surface area contributed by atoms with E-state index >= 15 is 0 Å². The first-order valence-electron chi connectivity index (χ1n) is 13.1. The zero-order valence-corrected chi connectivity index (χ0v) is 24.0. The number of amides is 1. The number of rotatable bonds is 8. The number of fused-ring (bicyclic) bond motifs is 1. The van der Waals surface area contributed by atoms with Crippen LogP contribution in [-0.4, -0.2) is 53.1 Å². The molecule has 5 rings (SSSR count). The Labute approximate surface area is 244 Å². The SMILES string of the molecule is CN[C@H]1CC[C@@H](N(Cc2cc(-c3ccnc(C(=O)O)c3)ccc2OC)C(=O)c2sc3c(F)ccc(F)c3c2Cl)CC1. The largest absolute Gasteiger partial charge is 0.496 e. The third kappa shape index (κ3) is 5.77. The highest BCUT2D eigenvalue weighted by molar-refractivity contribution is 7.21. The lowest BCUT2D eigenvalue weighted by molar-refractivity contribution is 0.0604. The normalized spacial score (nSPS) is 17.0. The van der Waals surface area contributed by atoms with Crippen LogP contribution < -0.4 is 10.1 Å². The summed E-state index contributed by atoms with van der Waals surface area (Å²) < 4.78 is 34.9. The third-order valence-electron chi connectivity index (χ3n) is 7.62. The molecule has 11 heteroatoms. The highest BCUT2D eigenvalue weighted by Gasteiger charge is 2.33. The lowest BCUT2D eigenvalue weighted by Gasteiger charge is -2.37. The average molecular weight is 600 g/mol. The Hall–Kier alpha value is -3.60. The number of thiophene rings is 1. The Morgan fingerprint density at radius 1 is 1.10 bits per heavy atom. The first kappa shape index (κ1) is 28.9. The molecule has 2 aromatic heterocycles. The standard InChI is InChI=1S/C30H28ClF2N3O4S/c1-34-19-4-6-20(7-5-19)36(29(37)28-26(31)25-21(32)8-9-22(33)27(25)41-28)15-18-13-16(3-10-24(18)40-2)17-11-12-35-23(14-17)30(38)39/h3,8-14,19-20,34H,4-7,15H2,1-2H3,(H,38,39)/t19-,20+. The van der Waals surface area contributed by atoms with Crippen molar-refractivity contribution in [3.05, 3.63) is 81.5 Å². The van der Waals surface area contributed by atoms with E-state index in [2.05, 4.69) is 10.3 Å². The number of pyridine rings is 1. The van der Waals surface area contributed by atoms with Crippen molar-refractivity contribution in [1.82, 2.24) is 15.2 Å². The molecule has 0 aliphatic heterocycles. The van der Waals surface area contributed by atoms with Gasteiger partial charge in [-0.05, 0) is 80.3 Å². The zero-order chi connectivity index (χ0) is 29.3. The molecule has 0 unspecified atom stereocenters. The molecule has 0 radical (unpaired) electrons. The van der Waals surface area contributed by atoms with Gasteiger partial charge in [-0.25, -0.2) is 18.6 Å². The van der Waals surface area contributed by atoms with Gasteiger partial charge in [-0.3, -0.25) is 4.79 Å². The van der Waals surface area contributed by atoms with Gasteiger partial charge in [0.05, 0.1) is 22.2 Å². The molecule has 7 nitrogen and oxygen atoms in total. The highest BCUT2D eigenvalue weighted by Crippen LogP contribution is 2.40. The number of carbonyl (C=O) groups is 2. The number of aromatic nitrogens is 1. The second kappa shape index (κ2) is 12.1. The van der Waals surface area contributed by atoms with Gasteiger partial charge in [0.2, 0.25) is 0 Å². The number of hydrogen-bond donors (Lipinski definition) is 2. The van der Waals surface area contributed by atoms with Crippen molar-refractivity contribution in [3.8, 4) is 16.9 Å². The number of benzene rings is 2. The van der Waals surface area contributed by atoms with E-state index in [0.29, 0.717) is 22.9 Å². The summed E-state index contributed by atoms with van der Waals surface area (Å²) in [6.07, 6.45) is 4.62. The number of methoxy groups -OCH3 is 1. The average Bonchev–Trinajstić information content (AvgIpc) is 3.35. The van der Waals surface area contributed by atoms with Crippen LogP contribution in [0.25, 0.3) is 21.2 Å². The first-order chi connectivity index (χ1) is 19.7. The Kier molecular flexibility index (Phi) is 8.53. The maximum atomic E-state index is 14.6. The number of nitrogens with one attached hydrogen (secondary N) is 1. The van der Waals surface area contributed by atoms with Gasteiger partial charge in [0.1, 0.15) is 28.0 Å². The van der Waals surface area contributed by atoms with E-state index in [9.17, 15) is 23.5 Å². The van der Waals surface area contributed by atoms with Gasteiger partial charge in [0, 0.05) is 30.4 Å². The number of carbonyl (C=O) groups excluding carboxylic acids is 1. The molecule has 2 aromatic carbocycles. The molecule has 1 aliphatic carbocycles. The molecule has 1 aliphatic rings. The highest BCUT2D eigenvalue weighted by atomic mass is 35.5.